The Morgan fingerprint density at radius 1 is 1.00 bits per heavy atom. The molecule has 0 radical (unpaired) electrons. The van der Waals surface area contributed by atoms with Crippen molar-refractivity contribution in [3.8, 4) is 0 Å². The summed E-state index contributed by atoms with van der Waals surface area (Å²) in [6.07, 6.45) is 6.69. The molecule has 1 saturated carbocycles. The zero-order chi connectivity index (χ0) is 15.8. The minimum Gasteiger partial charge on any atom is -0.360 e. The molecule has 120 valence electrons. The van der Waals surface area contributed by atoms with Crippen molar-refractivity contribution in [2.45, 2.75) is 32.1 Å². The van der Waals surface area contributed by atoms with Gasteiger partial charge in [0.2, 0.25) is 5.91 Å². The van der Waals surface area contributed by atoms with Gasteiger partial charge in [-0.05, 0) is 31.7 Å². The maximum Gasteiger partial charge on any atom is 0.225 e. The number of H-pyrrole nitrogens is 1. The van der Waals surface area contributed by atoms with Crippen LogP contribution in [0.5, 0.6) is 0 Å². The Bertz CT molecular complexity index is 737. The number of piperidine rings is 1. The van der Waals surface area contributed by atoms with Gasteiger partial charge < -0.3 is 9.88 Å². The van der Waals surface area contributed by atoms with Crippen molar-refractivity contribution in [2.75, 3.05) is 13.1 Å². The second kappa shape index (κ2) is 5.84. The average molecular weight is 310 g/mol. The topological polar surface area (TPSA) is 53.2 Å². The SMILES string of the molecule is O=C(c1c[nH]c2ccccc12)C1CCN(C(=O)C2CCC2)CC1. The van der Waals surface area contributed by atoms with Crippen molar-refractivity contribution in [1.82, 2.24) is 9.88 Å². The quantitative estimate of drug-likeness (QED) is 0.884. The van der Waals surface area contributed by atoms with Crippen molar-refractivity contribution in [2.24, 2.45) is 11.8 Å². The summed E-state index contributed by atoms with van der Waals surface area (Å²) in [7, 11) is 0. The minimum atomic E-state index is 0.0413. The predicted octanol–water partition coefficient (Wildman–Crippen LogP) is 3.39. The monoisotopic (exact) mass is 310 g/mol. The van der Waals surface area contributed by atoms with Gasteiger partial charge in [-0.1, -0.05) is 24.6 Å². The Labute approximate surface area is 135 Å². The fourth-order valence-electron chi connectivity index (χ4n) is 3.77. The molecule has 4 heteroatoms. The van der Waals surface area contributed by atoms with Gasteiger partial charge in [0, 0.05) is 47.6 Å². The number of nitrogens with one attached hydrogen (secondary N) is 1. The molecule has 2 aliphatic rings. The van der Waals surface area contributed by atoms with Crippen molar-refractivity contribution in [3.63, 3.8) is 0 Å². The average Bonchev–Trinajstić information content (AvgIpc) is 2.97. The van der Waals surface area contributed by atoms with Gasteiger partial charge in [0.25, 0.3) is 0 Å². The lowest BCUT2D eigenvalue weighted by atomic mass is 9.83. The lowest BCUT2D eigenvalue weighted by Gasteiger charge is -2.36. The van der Waals surface area contributed by atoms with E-state index in [0.717, 1.165) is 55.2 Å². The number of benzene rings is 1. The van der Waals surface area contributed by atoms with E-state index in [4.69, 9.17) is 0 Å². The third kappa shape index (κ3) is 2.56. The number of carbonyl (C=O) groups excluding carboxylic acids is 2. The minimum absolute atomic E-state index is 0.0413. The number of amides is 1. The summed E-state index contributed by atoms with van der Waals surface area (Å²) >= 11 is 0. The third-order valence-corrected chi connectivity index (χ3v) is 5.49. The molecule has 1 N–H and O–H groups in total. The highest BCUT2D eigenvalue weighted by Crippen LogP contribution is 2.31. The summed E-state index contributed by atoms with van der Waals surface area (Å²) in [5, 5.41) is 1.01. The van der Waals surface area contributed by atoms with Gasteiger partial charge in [-0.15, -0.1) is 0 Å². The number of ketones is 1. The zero-order valence-corrected chi connectivity index (χ0v) is 13.3. The Morgan fingerprint density at radius 3 is 2.43 bits per heavy atom. The van der Waals surface area contributed by atoms with Gasteiger partial charge in [0.05, 0.1) is 0 Å². The zero-order valence-electron chi connectivity index (χ0n) is 13.3. The van der Waals surface area contributed by atoms with E-state index >= 15 is 0 Å². The van der Waals surface area contributed by atoms with Crippen LogP contribution in [0.1, 0.15) is 42.5 Å². The molecule has 1 aliphatic carbocycles. The maximum absolute atomic E-state index is 12.8. The van der Waals surface area contributed by atoms with E-state index in [1.165, 1.54) is 6.42 Å². The maximum atomic E-state index is 12.8. The van der Waals surface area contributed by atoms with E-state index in [2.05, 4.69) is 4.98 Å². The molecule has 4 rings (SSSR count). The number of Topliss-reactive ketones (excluding diaryl/α,β-unsaturated/α-hetero) is 1. The van der Waals surface area contributed by atoms with E-state index in [1.807, 2.05) is 35.4 Å². The highest BCUT2D eigenvalue weighted by atomic mass is 16.2. The summed E-state index contributed by atoms with van der Waals surface area (Å²) in [4.78, 5) is 30.3. The molecule has 1 aliphatic heterocycles. The molecular weight excluding hydrogens is 288 g/mol. The lowest BCUT2D eigenvalue weighted by Crippen LogP contribution is -2.44. The predicted molar refractivity (Wildman–Crippen MR) is 89.3 cm³/mol. The van der Waals surface area contributed by atoms with Gasteiger partial charge in [-0.3, -0.25) is 9.59 Å². The summed E-state index contributed by atoms with van der Waals surface area (Å²) in [6, 6.07) is 7.92. The Morgan fingerprint density at radius 2 is 1.74 bits per heavy atom. The number of fused-ring (bicyclic) bond motifs is 1. The molecule has 0 unspecified atom stereocenters. The van der Waals surface area contributed by atoms with Crippen molar-refractivity contribution in [1.29, 1.82) is 0 Å². The highest BCUT2D eigenvalue weighted by molar-refractivity contribution is 6.08. The highest BCUT2D eigenvalue weighted by Gasteiger charge is 2.33. The molecule has 4 nitrogen and oxygen atoms in total. The summed E-state index contributed by atoms with van der Waals surface area (Å²) < 4.78 is 0. The van der Waals surface area contributed by atoms with Crippen molar-refractivity contribution in [3.05, 3.63) is 36.0 Å². The van der Waals surface area contributed by atoms with Crippen LogP contribution in [0.15, 0.2) is 30.5 Å². The fraction of sp³-hybridized carbons (Fsp3) is 0.474. The van der Waals surface area contributed by atoms with Gasteiger partial charge in [0.15, 0.2) is 5.78 Å². The van der Waals surface area contributed by atoms with Crippen molar-refractivity contribution >= 4 is 22.6 Å². The van der Waals surface area contributed by atoms with Crippen LogP contribution >= 0.6 is 0 Å². The number of carbonyl (C=O) groups is 2. The molecule has 2 fully saturated rings. The second-order valence-electron chi connectivity index (χ2n) is 6.84. The van der Waals surface area contributed by atoms with Gasteiger partial charge in [-0.2, -0.15) is 0 Å². The molecule has 0 spiro atoms. The number of para-hydroxylation sites is 1. The van der Waals surface area contributed by atoms with E-state index in [9.17, 15) is 9.59 Å². The van der Waals surface area contributed by atoms with Crippen LogP contribution in [0.4, 0.5) is 0 Å². The van der Waals surface area contributed by atoms with Crippen LogP contribution in [0.25, 0.3) is 10.9 Å². The molecule has 0 bridgehead atoms. The van der Waals surface area contributed by atoms with Crippen LogP contribution in [-0.4, -0.2) is 34.7 Å². The molecule has 0 atom stereocenters. The van der Waals surface area contributed by atoms with E-state index in [0.29, 0.717) is 5.91 Å². The Kier molecular flexibility index (Phi) is 3.68. The summed E-state index contributed by atoms with van der Waals surface area (Å²) in [6.45, 7) is 1.46. The molecule has 2 heterocycles. The third-order valence-electron chi connectivity index (χ3n) is 5.49. The number of nitrogens with zero attached hydrogens (tertiary/aromatic N) is 1. The lowest BCUT2D eigenvalue weighted by molar-refractivity contribution is -0.139. The van der Waals surface area contributed by atoms with Crippen LogP contribution in [-0.2, 0) is 4.79 Å². The number of likely N-dealkylation sites (tertiary alicyclic amines) is 1. The van der Waals surface area contributed by atoms with Crippen LogP contribution < -0.4 is 0 Å². The molecule has 1 saturated heterocycles. The van der Waals surface area contributed by atoms with E-state index in [1.54, 1.807) is 0 Å². The van der Waals surface area contributed by atoms with Crippen LogP contribution in [0, 0.1) is 11.8 Å². The Balaban J connectivity index is 1.43. The van der Waals surface area contributed by atoms with Crippen LogP contribution in [0.3, 0.4) is 0 Å². The molecule has 1 aromatic heterocycles. The number of aromatic nitrogens is 1. The first kappa shape index (κ1) is 14.5. The molecule has 1 amide bonds. The first-order chi connectivity index (χ1) is 11.2. The number of hydrogen-bond donors (Lipinski definition) is 1. The van der Waals surface area contributed by atoms with Gasteiger partial charge in [0.1, 0.15) is 0 Å². The fourth-order valence-corrected chi connectivity index (χ4v) is 3.77. The molecule has 1 aromatic carbocycles. The summed E-state index contributed by atoms with van der Waals surface area (Å²) in [5.74, 6) is 0.836. The number of hydrogen-bond acceptors (Lipinski definition) is 2. The first-order valence-electron chi connectivity index (χ1n) is 8.63. The van der Waals surface area contributed by atoms with E-state index < -0.39 is 0 Å². The smallest absolute Gasteiger partial charge is 0.225 e. The second-order valence-corrected chi connectivity index (χ2v) is 6.84. The largest absolute Gasteiger partial charge is 0.360 e. The number of aromatic amines is 1. The normalized spacial score (nSPS) is 19.7. The van der Waals surface area contributed by atoms with Gasteiger partial charge in [-0.25, -0.2) is 0 Å². The van der Waals surface area contributed by atoms with Crippen LogP contribution in [0.2, 0.25) is 0 Å². The Hall–Kier alpha value is -2.10. The first-order valence-corrected chi connectivity index (χ1v) is 8.63. The number of rotatable bonds is 3. The van der Waals surface area contributed by atoms with Crippen molar-refractivity contribution < 1.29 is 9.59 Å². The van der Waals surface area contributed by atoms with E-state index in [-0.39, 0.29) is 17.6 Å². The molecule has 23 heavy (non-hydrogen) atoms. The van der Waals surface area contributed by atoms with Gasteiger partial charge >= 0.3 is 0 Å². The molecule has 2 aromatic rings. The standard InChI is InChI=1S/C19H22N2O2/c22-18(16-12-20-17-7-2-1-6-15(16)17)13-8-10-21(11-9-13)19(23)14-4-3-5-14/h1-2,6-7,12-14,20H,3-5,8-11H2. The molecular formula is C19H22N2O2. The summed E-state index contributed by atoms with van der Waals surface area (Å²) in [5.41, 5.74) is 1.80.